The number of thiazole rings is 1. The minimum absolute atomic E-state index is 0. The van der Waals surface area contributed by atoms with E-state index in [1.54, 1.807) is 19.4 Å². The summed E-state index contributed by atoms with van der Waals surface area (Å²) in [4.78, 5) is 19.9. The Labute approximate surface area is 144 Å². The number of nitrogens with zero attached hydrogens (tertiary/aromatic N) is 1. The fraction of sp³-hybridized carbons (Fsp3) is 0.250. The molecule has 4 nitrogen and oxygen atoms in total. The second-order valence-corrected chi connectivity index (χ2v) is 5.79. The quantitative estimate of drug-likeness (QED) is 0.700. The lowest BCUT2D eigenvalue weighted by Crippen LogP contribution is -2.03. The van der Waals surface area contributed by atoms with E-state index in [0.717, 1.165) is 12.1 Å². The summed E-state index contributed by atoms with van der Waals surface area (Å²) < 4.78 is 18.5. The van der Waals surface area contributed by atoms with Crippen LogP contribution in [0.25, 0.3) is 10.9 Å². The van der Waals surface area contributed by atoms with Gasteiger partial charge in [0.15, 0.2) is 5.01 Å². The van der Waals surface area contributed by atoms with Crippen LogP contribution in [-0.2, 0) is 4.74 Å². The van der Waals surface area contributed by atoms with Gasteiger partial charge in [0.1, 0.15) is 5.82 Å². The van der Waals surface area contributed by atoms with Crippen LogP contribution >= 0.6 is 24.8 Å². The molecule has 7 heteroatoms. The summed E-state index contributed by atoms with van der Waals surface area (Å²) in [5, 5.41) is 2.96. The monoisotopic (exact) mass is 352 g/mol. The minimum Gasteiger partial charge on any atom is -0.375 e. The molecule has 2 aromatic heterocycles. The molecule has 0 aliphatic rings. The smallest absolute Gasteiger partial charge is 0.223 e. The van der Waals surface area contributed by atoms with Crippen molar-refractivity contribution >= 4 is 41.5 Å². The summed E-state index contributed by atoms with van der Waals surface area (Å²) in [5.74, 6) is -0.504. The fourth-order valence-corrected chi connectivity index (χ4v) is 3.25. The Morgan fingerprint density at radius 3 is 2.96 bits per heavy atom. The number of hydrogen-bond acceptors (Lipinski definition) is 4. The van der Waals surface area contributed by atoms with Crippen molar-refractivity contribution in [3.8, 4) is 0 Å². The van der Waals surface area contributed by atoms with Crippen molar-refractivity contribution < 1.29 is 13.9 Å². The number of rotatable bonds is 5. The molecular formula is C16H17FN2O2S2. The van der Waals surface area contributed by atoms with Gasteiger partial charge >= 0.3 is 0 Å². The maximum Gasteiger partial charge on any atom is 0.223 e. The zero-order chi connectivity index (χ0) is 15.7. The van der Waals surface area contributed by atoms with E-state index in [2.05, 4.69) is 9.97 Å². The highest BCUT2D eigenvalue weighted by Crippen LogP contribution is 2.26. The van der Waals surface area contributed by atoms with E-state index in [1.165, 1.54) is 23.5 Å². The first kappa shape index (κ1) is 17.7. The standard InChI is InChI=1S/C16H15FN2O2S.H2S/c1-3-14(21-2)13-8-22-16(19-13)15(20)11-7-18-12-6-9(17)4-5-10(11)12;/h4-8,14,18H,3H2,1-2H3;1H2/t14-;/m0./s1. The van der Waals surface area contributed by atoms with Crippen LogP contribution in [0.4, 0.5) is 4.39 Å². The van der Waals surface area contributed by atoms with E-state index in [9.17, 15) is 9.18 Å². The van der Waals surface area contributed by atoms with Crippen LogP contribution in [0.3, 0.4) is 0 Å². The molecule has 0 spiro atoms. The number of hydrogen-bond donors (Lipinski definition) is 1. The summed E-state index contributed by atoms with van der Waals surface area (Å²) in [5.41, 5.74) is 1.87. The van der Waals surface area contributed by atoms with Gasteiger partial charge in [-0.15, -0.1) is 11.3 Å². The molecule has 0 fully saturated rings. The topological polar surface area (TPSA) is 55.0 Å². The van der Waals surface area contributed by atoms with Crippen molar-refractivity contribution in [2.24, 2.45) is 0 Å². The van der Waals surface area contributed by atoms with E-state index < -0.39 is 0 Å². The molecule has 1 aromatic carbocycles. The van der Waals surface area contributed by atoms with Crippen LogP contribution in [0.2, 0.25) is 0 Å². The number of H-pyrrole nitrogens is 1. The van der Waals surface area contributed by atoms with Crippen LogP contribution < -0.4 is 0 Å². The van der Waals surface area contributed by atoms with Crippen molar-refractivity contribution in [2.45, 2.75) is 19.4 Å². The Hall–Kier alpha value is -1.70. The van der Waals surface area contributed by atoms with Gasteiger partial charge in [0.05, 0.1) is 17.4 Å². The number of benzene rings is 1. The predicted octanol–water partition coefficient (Wildman–Crippen LogP) is 4.20. The van der Waals surface area contributed by atoms with E-state index in [1.807, 2.05) is 12.3 Å². The number of carbonyl (C=O) groups excluding carboxylic acids is 1. The number of nitrogens with one attached hydrogen (secondary N) is 1. The Morgan fingerprint density at radius 1 is 1.48 bits per heavy atom. The lowest BCUT2D eigenvalue weighted by molar-refractivity contribution is 0.0962. The van der Waals surface area contributed by atoms with Crippen LogP contribution in [0.15, 0.2) is 29.8 Å². The Bertz CT molecular complexity index is 824. The third kappa shape index (κ3) is 3.31. The zero-order valence-corrected chi connectivity index (χ0v) is 14.5. The van der Waals surface area contributed by atoms with E-state index in [4.69, 9.17) is 4.74 Å². The van der Waals surface area contributed by atoms with Crippen molar-refractivity contribution in [2.75, 3.05) is 7.11 Å². The number of ether oxygens (including phenoxy) is 1. The molecule has 0 aliphatic heterocycles. The van der Waals surface area contributed by atoms with Crippen molar-refractivity contribution in [1.29, 1.82) is 0 Å². The Balaban J connectivity index is 0.00000192. The van der Waals surface area contributed by atoms with Crippen LogP contribution in [-0.4, -0.2) is 22.9 Å². The average molecular weight is 352 g/mol. The van der Waals surface area contributed by atoms with Crippen LogP contribution in [0.1, 0.15) is 40.5 Å². The molecule has 0 unspecified atom stereocenters. The molecule has 0 amide bonds. The minimum atomic E-state index is -0.337. The second kappa shape index (κ2) is 7.25. The first-order valence-electron chi connectivity index (χ1n) is 6.93. The lowest BCUT2D eigenvalue weighted by Gasteiger charge is -2.08. The number of halogens is 1. The Morgan fingerprint density at radius 2 is 2.26 bits per heavy atom. The maximum absolute atomic E-state index is 13.2. The number of methoxy groups -OCH3 is 1. The number of aromatic nitrogens is 2. The highest BCUT2D eigenvalue weighted by atomic mass is 32.1. The zero-order valence-electron chi connectivity index (χ0n) is 12.7. The molecular weight excluding hydrogens is 335 g/mol. The summed E-state index contributed by atoms with van der Waals surface area (Å²) in [6.45, 7) is 2.00. The van der Waals surface area contributed by atoms with Gasteiger partial charge in [0.25, 0.3) is 0 Å². The normalized spacial score (nSPS) is 12.1. The molecule has 0 aliphatic carbocycles. The average Bonchev–Trinajstić information content (AvgIpc) is 3.14. The van der Waals surface area contributed by atoms with Gasteiger partial charge in [0.2, 0.25) is 5.78 Å². The van der Waals surface area contributed by atoms with Gasteiger partial charge in [-0.2, -0.15) is 13.5 Å². The first-order chi connectivity index (χ1) is 10.6. The third-order valence-corrected chi connectivity index (χ3v) is 4.45. The lowest BCUT2D eigenvalue weighted by atomic mass is 10.1. The maximum atomic E-state index is 13.2. The molecule has 2 heterocycles. The molecule has 0 saturated carbocycles. The highest BCUT2D eigenvalue weighted by Gasteiger charge is 2.20. The van der Waals surface area contributed by atoms with Gasteiger partial charge in [-0.25, -0.2) is 9.37 Å². The van der Waals surface area contributed by atoms with Gasteiger partial charge in [-0.3, -0.25) is 4.79 Å². The SMILES string of the molecule is CC[C@H](OC)c1csc(C(=O)c2c[nH]c3cc(F)ccc23)n1.S. The third-order valence-electron chi connectivity index (χ3n) is 3.59. The molecule has 0 bridgehead atoms. The summed E-state index contributed by atoms with van der Waals surface area (Å²) in [7, 11) is 1.63. The molecule has 0 radical (unpaired) electrons. The van der Waals surface area contributed by atoms with E-state index in [-0.39, 0.29) is 31.2 Å². The van der Waals surface area contributed by atoms with Crippen molar-refractivity contribution in [1.82, 2.24) is 9.97 Å². The van der Waals surface area contributed by atoms with Crippen LogP contribution in [0, 0.1) is 5.82 Å². The molecule has 1 N–H and O–H groups in total. The number of fused-ring (bicyclic) bond motifs is 1. The van der Waals surface area contributed by atoms with Gasteiger partial charge < -0.3 is 9.72 Å². The summed E-state index contributed by atoms with van der Waals surface area (Å²) >= 11 is 1.30. The van der Waals surface area contributed by atoms with E-state index in [0.29, 0.717) is 21.5 Å². The summed E-state index contributed by atoms with van der Waals surface area (Å²) in [6.07, 6.45) is 2.29. The molecule has 122 valence electrons. The molecule has 3 aromatic rings. The fourth-order valence-electron chi connectivity index (χ4n) is 2.44. The number of carbonyl (C=O) groups is 1. The molecule has 0 saturated heterocycles. The largest absolute Gasteiger partial charge is 0.375 e. The molecule has 23 heavy (non-hydrogen) atoms. The second-order valence-electron chi connectivity index (χ2n) is 4.93. The number of ketones is 1. The molecule has 3 rings (SSSR count). The first-order valence-corrected chi connectivity index (χ1v) is 7.81. The molecule has 1 atom stereocenters. The summed E-state index contributed by atoms with van der Waals surface area (Å²) in [6, 6.07) is 4.32. The highest BCUT2D eigenvalue weighted by molar-refractivity contribution is 7.59. The Kier molecular flexibility index (Phi) is 5.56. The van der Waals surface area contributed by atoms with Gasteiger partial charge in [0, 0.05) is 29.6 Å². The van der Waals surface area contributed by atoms with Gasteiger partial charge in [-0.05, 0) is 24.6 Å². The van der Waals surface area contributed by atoms with Crippen LogP contribution in [0.5, 0.6) is 0 Å². The predicted molar refractivity (Wildman–Crippen MR) is 94.2 cm³/mol. The number of aromatic amines is 1. The van der Waals surface area contributed by atoms with E-state index >= 15 is 0 Å². The van der Waals surface area contributed by atoms with Gasteiger partial charge in [-0.1, -0.05) is 6.92 Å². The van der Waals surface area contributed by atoms with Crippen molar-refractivity contribution in [3.05, 3.63) is 51.9 Å². The van der Waals surface area contributed by atoms with Crippen molar-refractivity contribution in [3.63, 3.8) is 0 Å².